The molecule has 3 rings (SSSR count). The zero-order valence-corrected chi connectivity index (χ0v) is 14.3. The van der Waals surface area contributed by atoms with E-state index in [1.807, 2.05) is 24.4 Å². The highest BCUT2D eigenvalue weighted by atomic mass is 35.5. The van der Waals surface area contributed by atoms with Crippen LogP contribution in [0.5, 0.6) is 0 Å². The fraction of sp³-hybridized carbons (Fsp3) is 0.353. The van der Waals surface area contributed by atoms with Crippen LogP contribution in [0.4, 0.5) is 0 Å². The Morgan fingerprint density at radius 3 is 2.64 bits per heavy atom. The number of thiophene rings is 1. The molecule has 5 heteroatoms. The van der Waals surface area contributed by atoms with E-state index in [1.165, 1.54) is 16.0 Å². The molecule has 1 saturated heterocycles. The summed E-state index contributed by atoms with van der Waals surface area (Å²) in [6.07, 6.45) is 1.99. The van der Waals surface area contributed by atoms with Crippen molar-refractivity contribution in [1.82, 2.24) is 9.91 Å². The van der Waals surface area contributed by atoms with E-state index in [1.54, 1.807) is 11.3 Å². The van der Waals surface area contributed by atoms with Gasteiger partial charge in [-0.1, -0.05) is 29.8 Å². The molecule has 0 bridgehead atoms. The van der Waals surface area contributed by atoms with E-state index in [2.05, 4.69) is 39.4 Å². The van der Waals surface area contributed by atoms with E-state index >= 15 is 0 Å². The van der Waals surface area contributed by atoms with Crippen molar-refractivity contribution in [3.05, 3.63) is 56.7 Å². The molecular weight excluding hydrogens is 314 g/mol. The standard InChI is InChI=1S/C17H20ClN3S/c1-14-6-11-22-17(14)12-19-21-9-7-20(8-10-21)13-15-4-2-3-5-16(15)18/h2-6,11-12H,7-10,13H2,1H3. The van der Waals surface area contributed by atoms with Crippen molar-refractivity contribution in [3.63, 3.8) is 0 Å². The molecule has 22 heavy (non-hydrogen) atoms. The monoisotopic (exact) mass is 333 g/mol. The maximum absolute atomic E-state index is 6.23. The summed E-state index contributed by atoms with van der Waals surface area (Å²) in [6, 6.07) is 10.2. The summed E-state index contributed by atoms with van der Waals surface area (Å²) < 4.78 is 0. The summed E-state index contributed by atoms with van der Waals surface area (Å²) in [7, 11) is 0. The molecule has 3 nitrogen and oxygen atoms in total. The van der Waals surface area contributed by atoms with Crippen molar-refractivity contribution in [2.75, 3.05) is 26.2 Å². The number of nitrogens with zero attached hydrogens (tertiary/aromatic N) is 3. The normalized spacial score (nSPS) is 16.5. The number of benzene rings is 1. The molecule has 1 fully saturated rings. The first-order valence-corrected chi connectivity index (χ1v) is 8.77. The molecule has 0 unspecified atom stereocenters. The summed E-state index contributed by atoms with van der Waals surface area (Å²) in [5, 5.41) is 9.73. The topological polar surface area (TPSA) is 18.8 Å². The van der Waals surface area contributed by atoms with Gasteiger partial charge >= 0.3 is 0 Å². The second-order valence-corrected chi connectivity index (χ2v) is 6.89. The van der Waals surface area contributed by atoms with Gasteiger partial charge < -0.3 is 0 Å². The number of rotatable bonds is 4. The molecule has 2 aromatic rings. The molecule has 2 heterocycles. The minimum Gasteiger partial charge on any atom is -0.295 e. The van der Waals surface area contributed by atoms with Gasteiger partial charge in [-0.15, -0.1) is 11.3 Å². The Hall–Kier alpha value is -1.36. The molecule has 0 aliphatic carbocycles. The van der Waals surface area contributed by atoms with Crippen molar-refractivity contribution in [2.45, 2.75) is 13.5 Å². The van der Waals surface area contributed by atoms with Crippen LogP contribution in [-0.2, 0) is 6.54 Å². The Kier molecular flexibility index (Phi) is 5.13. The number of aryl methyl sites for hydroxylation is 1. The zero-order chi connectivity index (χ0) is 15.4. The van der Waals surface area contributed by atoms with Crippen LogP contribution in [0, 0.1) is 6.92 Å². The Bertz CT molecular complexity index is 645. The Morgan fingerprint density at radius 2 is 1.95 bits per heavy atom. The molecule has 0 amide bonds. The smallest absolute Gasteiger partial charge is 0.0645 e. The minimum atomic E-state index is 0.858. The van der Waals surface area contributed by atoms with Crippen LogP contribution in [0.2, 0.25) is 5.02 Å². The molecule has 116 valence electrons. The van der Waals surface area contributed by atoms with Crippen molar-refractivity contribution >= 4 is 29.2 Å². The lowest BCUT2D eigenvalue weighted by Crippen LogP contribution is -2.43. The van der Waals surface area contributed by atoms with Crippen molar-refractivity contribution in [2.24, 2.45) is 5.10 Å². The fourth-order valence-corrected chi connectivity index (χ4v) is 3.51. The van der Waals surface area contributed by atoms with Gasteiger partial charge in [-0.2, -0.15) is 5.10 Å². The van der Waals surface area contributed by atoms with Gasteiger partial charge in [-0.3, -0.25) is 9.91 Å². The number of hydrogen-bond donors (Lipinski definition) is 0. The minimum absolute atomic E-state index is 0.858. The molecule has 0 saturated carbocycles. The number of piperazine rings is 1. The van der Waals surface area contributed by atoms with E-state index in [0.29, 0.717) is 0 Å². The molecule has 1 aromatic heterocycles. The van der Waals surface area contributed by atoms with Gasteiger partial charge in [-0.25, -0.2) is 0 Å². The highest BCUT2D eigenvalue weighted by Crippen LogP contribution is 2.18. The molecule has 0 atom stereocenters. The molecule has 1 aromatic carbocycles. The lowest BCUT2D eigenvalue weighted by molar-refractivity contribution is 0.131. The van der Waals surface area contributed by atoms with Gasteiger partial charge in [0.25, 0.3) is 0 Å². The molecule has 0 spiro atoms. The van der Waals surface area contributed by atoms with Gasteiger partial charge in [0.2, 0.25) is 0 Å². The van der Waals surface area contributed by atoms with Gasteiger partial charge in [0.05, 0.1) is 6.21 Å². The summed E-state index contributed by atoms with van der Waals surface area (Å²) in [5.74, 6) is 0. The van der Waals surface area contributed by atoms with E-state index in [-0.39, 0.29) is 0 Å². The fourth-order valence-electron chi connectivity index (χ4n) is 2.53. The summed E-state index contributed by atoms with van der Waals surface area (Å²) in [5.41, 5.74) is 2.50. The third kappa shape index (κ3) is 3.88. The third-order valence-electron chi connectivity index (χ3n) is 3.94. The largest absolute Gasteiger partial charge is 0.295 e. The number of hydrazone groups is 1. The average Bonchev–Trinajstić information content (AvgIpc) is 2.94. The predicted octanol–water partition coefficient (Wildman–Crippen LogP) is 3.86. The predicted molar refractivity (Wildman–Crippen MR) is 95.0 cm³/mol. The van der Waals surface area contributed by atoms with Crippen LogP contribution >= 0.6 is 22.9 Å². The summed E-state index contributed by atoms with van der Waals surface area (Å²) in [4.78, 5) is 3.68. The second-order valence-electron chi connectivity index (χ2n) is 5.53. The lowest BCUT2D eigenvalue weighted by Gasteiger charge is -2.33. The Balaban J connectivity index is 1.51. The van der Waals surface area contributed by atoms with Crippen LogP contribution < -0.4 is 0 Å². The van der Waals surface area contributed by atoms with E-state index in [0.717, 1.165) is 37.7 Å². The molecule has 0 N–H and O–H groups in total. The van der Waals surface area contributed by atoms with Crippen molar-refractivity contribution in [1.29, 1.82) is 0 Å². The van der Waals surface area contributed by atoms with Crippen molar-refractivity contribution < 1.29 is 0 Å². The molecular formula is C17H20ClN3S. The quantitative estimate of drug-likeness (QED) is 0.791. The maximum atomic E-state index is 6.23. The van der Waals surface area contributed by atoms with Crippen LogP contribution in [0.1, 0.15) is 16.0 Å². The first-order valence-electron chi connectivity index (χ1n) is 7.51. The SMILES string of the molecule is Cc1ccsc1C=NN1CCN(Cc2ccccc2Cl)CC1. The first kappa shape index (κ1) is 15.5. The summed E-state index contributed by atoms with van der Waals surface area (Å²) in [6.45, 7) is 7.01. The molecule has 0 radical (unpaired) electrons. The van der Waals surface area contributed by atoms with E-state index in [9.17, 15) is 0 Å². The molecule has 1 aliphatic heterocycles. The van der Waals surface area contributed by atoms with Gasteiger partial charge in [-0.05, 0) is 35.6 Å². The Labute approximate surface area is 140 Å². The Morgan fingerprint density at radius 1 is 1.18 bits per heavy atom. The highest BCUT2D eigenvalue weighted by molar-refractivity contribution is 7.11. The van der Waals surface area contributed by atoms with Crippen LogP contribution in [0.15, 0.2) is 40.8 Å². The lowest BCUT2D eigenvalue weighted by atomic mass is 10.2. The third-order valence-corrected chi connectivity index (χ3v) is 5.26. The van der Waals surface area contributed by atoms with Gasteiger partial charge in [0.1, 0.15) is 0 Å². The second kappa shape index (κ2) is 7.27. The van der Waals surface area contributed by atoms with Gasteiger partial charge in [0.15, 0.2) is 0 Å². The maximum Gasteiger partial charge on any atom is 0.0645 e. The summed E-state index contributed by atoms with van der Waals surface area (Å²) >= 11 is 7.98. The first-order chi connectivity index (χ1) is 10.7. The van der Waals surface area contributed by atoms with Gasteiger partial charge in [0, 0.05) is 42.6 Å². The van der Waals surface area contributed by atoms with E-state index < -0.39 is 0 Å². The number of halogens is 1. The van der Waals surface area contributed by atoms with Crippen LogP contribution in [0.3, 0.4) is 0 Å². The van der Waals surface area contributed by atoms with Crippen LogP contribution in [-0.4, -0.2) is 42.3 Å². The van der Waals surface area contributed by atoms with Crippen molar-refractivity contribution in [3.8, 4) is 0 Å². The highest BCUT2D eigenvalue weighted by Gasteiger charge is 2.16. The van der Waals surface area contributed by atoms with Crippen LogP contribution in [0.25, 0.3) is 0 Å². The average molecular weight is 334 g/mol. The zero-order valence-electron chi connectivity index (χ0n) is 12.7. The van der Waals surface area contributed by atoms with E-state index in [4.69, 9.17) is 11.6 Å². The number of hydrogen-bond acceptors (Lipinski definition) is 4. The molecule has 1 aliphatic rings.